The zero-order chi connectivity index (χ0) is 19.6. The lowest BCUT2D eigenvalue weighted by atomic mass is 9.98. The first-order valence-electron chi connectivity index (χ1n) is 10.8. The highest BCUT2D eigenvalue weighted by Gasteiger charge is 2.16. The Hall–Kier alpha value is -1.63. The third kappa shape index (κ3) is 7.08. The molecule has 0 aliphatic carbocycles. The number of hydrogen-bond acceptors (Lipinski definition) is 4. The Morgan fingerprint density at radius 2 is 1.82 bits per heavy atom. The van der Waals surface area contributed by atoms with Gasteiger partial charge in [0.15, 0.2) is 5.96 Å². The summed E-state index contributed by atoms with van der Waals surface area (Å²) < 4.78 is 5.38. The normalized spacial score (nSPS) is 20.4. The fourth-order valence-corrected chi connectivity index (χ4v) is 3.90. The van der Waals surface area contributed by atoms with Gasteiger partial charge >= 0.3 is 0 Å². The van der Waals surface area contributed by atoms with E-state index in [0.717, 1.165) is 58.3 Å². The van der Waals surface area contributed by atoms with Crippen molar-refractivity contribution in [1.29, 1.82) is 0 Å². The monoisotopic (exact) mass is 387 g/mol. The maximum Gasteiger partial charge on any atom is 0.188 e. The van der Waals surface area contributed by atoms with Gasteiger partial charge in [-0.15, -0.1) is 0 Å². The summed E-state index contributed by atoms with van der Waals surface area (Å²) in [5.74, 6) is 1.41. The zero-order valence-electron chi connectivity index (χ0n) is 17.4. The van der Waals surface area contributed by atoms with E-state index in [1.54, 1.807) is 0 Å². The molecule has 6 heteroatoms. The van der Waals surface area contributed by atoms with Crippen LogP contribution in [-0.2, 0) is 17.8 Å². The number of nitrogens with two attached hydrogens (primary N) is 1. The Labute approximate surface area is 170 Å². The molecule has 2 heterocycles. The summed E-state index contributed by atoms with van der Waals surface area (Å²) in [7, 11) is 0. The Balaban J connectivity index is 1.41. The number of piperidine rings is 1. The minimum Gasteiger partial charge on any atom is -0.379 e. The van der Waals surface area contributed by atoms with Crippen molar-refractivity contribution in [3.8, 4) is 0 Å². The lowest BCUT2D eigenvalue weighted by Gasteiger charge is -2.30. The van der Waals surface area contributed by atoms with Crippen molar-refractivity contribution in [2.24, 2.45) is 16.6 Å². The van der Waals surface area contributed by atoms with Crippen molar-refractivity contribution in [1.82, 2.24) is 15.1 Å². The molecule has 0 unspecified atom stereocenters. The van der Waals surface area contributed by atoms with Gasteiger partial charge in [0.2, 0.25) is 0 Å². The minimum absolute atomic E-state index is 0.545. The van der Waals surface area contributed by atoms with Crippen LogP contribution in [0.4, 0.5) is 0 Å². The molecular weight excluding hydrogens is 350 g/mol. The zero-order valence-corrected chi connectivity index (χ0v) is 17.4. The molecular formula is C22H37N5O. The van der Waals surface area contributed by atoms with Gasteiger partial charge < -0.3 is 15.8 Å². The number of hydrogen-bond donors (Lipinski definition) is 2. The molecule has 0 radical (unpaired) electrons. The number of benzene rings is 1. The van der Waals surface area contributed by atoms with Crippen LogP contribution in [0.25, 0.3) is 0 Å². The number of nitrogens with one attached hydrogen (secondary N) is 1. The fraction of sp³-hybridized carbons (Fsp3) is 0.682. The molecule has 0 saturated carbocycles. The van der Waals surface area contributed by atoms with E-state index >= 15 is 0 Å². The van der Waals surface area contributed by atoms with Crippen LogP contribution >= 0.6 is 0 Å². The summed E-state index contributed by atoms with van der Waals surface area (Å²) >= 11 is 0. The lowest BCUT2D eigenvalue weighted by molar-refractivity contribution is 0.0376. The Kier molecular flexibility index (Phi) is 8.58. The second kappa shape index (κ2) is 11.4. The smallest absolute Gasteiger partial charge is 0.188 e. The summed E-state index contributed by atoms with van der Waals surface area (Å²) in [6, 6.07) is 8.63. The van der Waals surface area contributed by atoms with Gasteiger partial charge in [0.05, 0.1) is 19.8 Å². The molecule has 28 heavy (non-hydrogen) atoms. The topological polar surface area (TPSA) is 66.1 Å². The second-order valence-electron chi connectivity index (χ2n) is 8.16. The van der Waals surface area contributed by atoms with Gasteiger partial charge in [0.25, 0.3) is 0 Å². The van der Waals surface area contributed by atoms with Crippen LogP contribution < -0.4 is 11.1 Å². The van der Waals surface area contributed by atoms with E-state index in [1.807, 2.05) is 0 Å². The van der Waals surface area contributed by atoms with Crippen LogP contribution in [-0.4, -0.2) is 68.2 Å². The predicted octanol–water partition coefficient (Wildman–Crippen LogP) is 2.05. The SMILES string of the molecule is CC1CCN(Cc2ccccc2CN=C(N)NCCCN2CCOCC2)CC1. The number of likely N-dealkylation sites (tertiary alicyclic amines) is 1. The molecule has 1 aromatic carbocycles. The van der Waals surface area contributed by atoms with Crippen LogP contribution in [0.15, 0.2) is 29.3 Å². The fourth-order valence-electron chi connectivity index (χ4n) is 3.90. The highest BCUT2D eigenvalue weighted by molar-refractivity contribution is 5.77. The van der Waals surface area contributed by atoms with Crippen molar-refractivity contribution in [2.75, 3.05) is 52.5 Å². The number of ether oxygens (including phenoxy) is 1. The van der Waals surface area contributed by atoms with Gasteiger partial charge in [-0.2, -0.15) is 0 Å². The maximum atomic E-state index is 6.09. The van der Waals surface area contributed by atoms with Crippen molar-refractivity contribution in [3.63, 3.8) is 0 Å². The molecule has 2 aliphatic rings. The number of guanidine groups is 1. The first kappa shape index (κ1) is 21.1. The number of rotatable bonds is 8. The van der Waals surface area contributed by atoms with E-state index in [2.05, 4.69) is 51.3 Å². The van der Waals surface area contributed by atoms with Crippen LogP contribution in [0.2, 0.25) is 0 Å². The quantitative estimate of drug-likeness (QED) is 0.406. The Morgan fingerprint density at radius 1 is 1.11 bits per heavy atom. The van der Waals surface area contributed by atoms with E-state index in [-0.39, 0.29) is 0 Å². The van der Waals surface area contributed by atoms with E-state index < -0.39 is 0 Å². The van der Waals surface area contributed by atoms with Gasteiger partial charge in [-0.25, -0.2) is 4.99 Å². The molecule has 0 aromatic heterocycles. The standard InChI is InChI=1S/C22H37N5O/c1-19-7-11-27(12-8-19)18-21-6-3-2-5-20(21)17-25-22(23)24-9-4-10-26-13-15-28-16-14-26/h2-3,5-6,19H,4,7-18H2,1H3,(H3,23,24,25). The van der Waals surface area contributed by atoms with Gasteiger partial charge in [-0.1, -0.05) is 31.2 Å². The van der Waals surface area contributed by atoms with Crippen molar-refractivity contribution >= 4 is 5.96 Å². The molecule has 0 amide bonds. The van der Waals surface area contributed by atoms with Crippen LogP contribution in [0.3, 0.4) is 0 Å². The molecule has 2 aliphatic heterocycles. The third-order valence-corrected chi connectivity index (χ3v) is 5.87. The van der Waals surface area contributed by atoms with Gasteiger partial charge in [0, 0.05) is 26.2 Å². The van der Waals surface area contributed by atoms with Crippen molar-refractivity contribution < 1.29 is 4.74 Å². The summed E-state index contributed by atoms with van der Waals surface area (Å²) in [5, 5.41) is 3.26. The van der Waals surface area contributed by atoms with E-state index in [9.17, 15) is 0 Å². The van der Waals surface area contributed by atoms with Gasteiger partial charge in [0.1, 0.15) is 0 Å². The van der Waals surface area contributed by atoms with Crippen LogP contribution in [0, 0.1) is 5.92 Å². The van der Waals surface area contributed by atoms with Gasteiger partial charge in [-0.3, -0.25) is 9.80 Å². The molecule has 3 rings (SSSR count). The molecule has 2 fully saturated rings. The van der Waals surface area contributed by atoms with Crippen LogP contribution in [0.1, 0.15) is 37.3 Å². The average molecular weight is 388 g/mol. The number of morpholine rings is 1. The first-order chi connectivity index (χ1) is 13.7. The maximum absolute atomic E-state index is 6.09. The number of aliphatic imine (C=N–C) groups is 1. The van der Waals surface area contributed by atoms with Gasteiger partial charge in [-0.05, 0) is 55.9 Å². The average Bonchev–Trinajstić information content (AvgIpc) is 2.73. The van der Waals surface area contributed by atoms with E-state index in [4.69, 9.17) is 10.5 Å². The van der Waals surface area contributed by atoms with Crippen LogP contribution in [0.5, 0.6) is 0 Å². The third-order valence-electron chi connectivity index (χ3n) is 5.87. The molecule has 2 saturated heterocycles. The Morgan fingerprint density at radius 3 is 2.57 bits per heavy atom. The molecule has 3 N–H and O–H groups in total. The molecule has 6 nitrogen and oxygen atoms in total. The van der Waals surface area contributed by atoms with E-state index in [0.29, 0.717) is 12.5 Å². The van der Waals surface area contributed by atoms with Crippen molar-refractivity contribution in [2.45, 2.75) is 39.3 Å². The molecule has 0 atom stereocenters. The molecule has 1 aromatic rings. The van der Waals surface area contributed by atoms with Crippen molar-refractivity contribution in [3.05, 3.63) is 35.4 Å². The second-order valence-corrected chi connectivity index (χ2v) is 8.16. The summed E-state index contributed by atoms with van der Waals surface area (Å²) in [6.07, 6.45) is 3.68. The summed E-state index contributed by atoms with van der Waals surface area (Å²) in [5.41, 5.74) is 8.74. The molecule has 0 bridgehead atoms. The summed E-state index contributed by atoms with van der Waals surface area (Å²) in [4.78, 5) is 9.58. The highest BCUT2D eigenvalue weighted by atomic mass is 16.5. The minimum atomic E-state index is 0.545. The predicted molar refractivity (Wildman–Crippen MR) is 115 cm³/mol. The highest BCUT2D eigenvalue weighted by Crippen LogP contribution is 2.20. The lowest BCUT2D eigenvalue weighted by Crippen LogP contribution is -2.39. The largest absolute Gasteiger partial charge is 0.379 e. The Bertz CT molecular complexity index is 607. The number of nitrogens with zero attached hydrogens (tertiary/aromatic N) is 3. The molecule has 156 valence electrons. The summed E-state index contributed by atoms with van der Waals surface area (Å²) in [6.45, 7) is 12.1. The van der Waals surface area contributed by atoms with E-state index in [1.165, 1.54) is 37.1 Å². The first-order valence-corrected chi connectivity index (χ1v) is 10.8. The molecule has 0 spiro atoms.